The Morgan fingerprint density at radius 2 is 1.64 bits per heavy atom. The number of phenols is 1. The molecule has 2 aromatic rings. The van der Waals surface area contributed by atoms with Crippen molar-refractivity contribution in [1.82, 2.24) is 0 Å². The fourth-order valence-corrected chi connectivity index (χ4v) is 4.78. The maximum atomic E-state index is 9.53. The molecule has 112 valence electrons. The van der Waals surface area contributed by atoms with Crippen LogP contribution in [0.2, 0.25) is 0 Å². The van der Waals surface area contributed by atoms with Gasteiger partial charge in [-0.2, -0.15) is 0 Å². The van der Waals surface area contributed by atoms with E-state index in [9.17, 15) is 5.11 Å². The van der Waals surface area contributed by atoms with Crippen LogP contribution in [0.5, 0.6) is 5.75 Å². The lowest BCUT2D eigenvalue weighted by Crippen LogP contribution is -2.13. The number of rotatable bonds is 5. The molecule has 1 atom stereocenters. The quantitative estimate of drug-likeness (QED) is 0.783. The largest absolute Gasteiger partial charge is 0.508 e. The number of hydrogen-bond acceptors (Lipinski definition) is 1. The van der Waals surface area contributed by atoms with Crippen molar-refractivity contribution in [2.45, 2.75) is 23.5 Å². The van der Waals surface area contributed by atoms with Crippen LogP contribution in [0, 0.1) is 0 Å². The average molecular weight is 309 g/mol. The third-order valence-electron chi connectivity index (χ3n) is 3.77. The van der Waals surface area contributed by atoms with E-state index in [1.807, 2.05) is 0 Å². The molecule has 0 aromatic heterocycles. The van der Waals surface area contributed by atoms with Crippen molar-refractivity contribution in [3.63, 3.8) is 0 Å². The van der Waals surface area contributed by atoms with Crippen LogP contribution in [-0.4, -0.2) is 10.9 Å². The minimum atomic E-state index is 0.125. The summed E-state index contributed by atoms with van der Waals surface area (Å²) in [5.74, 6) is 2.47. The number of phenolic OH excluding ortho intramolecular Hbond substituents is 1. The molecule has 0 aliphatic heterocycles. The zero-order valence-electron chi connectivity index (χ0n) is 12.6. The smallest absolute Gasteiger partial charge is 0.155 e. The zero-order chi connectivity index (χ0) is 15.2. The van der Waals surface area contributed by atoms with Gasteiger partial charge in [0.15, 0.2) is 4.90 Å². The molecule has 3 rings (SSSR count). The molecule has 1 aliphatic rings. The van der Waals surface area contributed by atoms with Gasteiger partial charge < -0.3 is 5.11 Å². The number of hydrogen-bond donors (Lipinski definition) is 1. The average Bonchev–Trinajstić information content (AvgIpc) is 2.57. The molecule has 0 saturated carbocycles. The molecule has 2 heteroatoms. The van der Waals surface area contributed by atoms with E-state index in [-0.39, 0.29) is 10.9 Å². The van der Waals surface area contributed by atoms with Crippen molar-refractivity contribution in [2.24, 2.45) is 0 Å². The normalized spacial score (nSPS) is 15.4. The molecule has 0 heterocycles. The highest BCUT2D eigenvalue weighted by atomic mass is 32.2. The van der Waals surface area contributed by atoms with Gasteiger partial charge in [-0.3, -0.25) is 0 Å². The summed E-state index contributed by atoms with van der Waals surface area (Å²) in [6.45, 7) is 0. The summed E-state index contributed by atoms with van der Waals surface area (Å²) in [5.41, 5.74) is 2.82. The molecule has 0 fully saturated rings. The van der Waals surface area contributed by atoms with Crippen LogP contribution in [0.15, 0.2) is 83.3 Å². The van der Waals surface area contributed by atoms with Crippen molar-refractivity contribution < 1.29 is 5.11 Å². The Hall–Kier alpha value is -1.93. The summed E-state index contributed by atoms with van der Waals surface area (Å²) in [4.78, 5) is 1.32. The van der Waals surface area contributed by atoms with E-state index in [4.69, 9.17) is 0 Å². The third-order valence-corrected chi connectivity index (χ3v) is 6.07. The van der Waals surface area contributed by atoms with Crippen LogP contribution in [-0.2, 0) is 16.6 Å². The van der Waals surface area contributed by atoms with Gasteiger partial charge in [0.2, 0.25) is 0 Å². The van der Waals surface area contributed by atoms with Gasteiger partial charge in [0.1, 0.15) is 17.3 Å². The Balaban J connectivity index is 1.82. The molecule has 1 aliphatic carbocycles. The van der Waals surface area contributed by atoms with Gasteiger partial charge in [0.25, 0.3) is 0 Å². The van der Waals surface area contributed by atoms with Gasteiger partial charge in [0, 0.05) is 16.5 Å². The van der Waals surface area contributed by atoms with Crippen molar-refractivity contribution in [2.75, 3.05) is 5.75 Å². The molecule has 0 bridgehead atoms. The minimum absolute atomic E-state index is 0.125. The lowest BCUT2D eigenvalue weighted by Gasteiger charge is -2.11. The molecule has 0 spiro atoms. The topological polar surface area (TPSA) is 20.2 Å². The van der Waals surface area contributed by atoms with Crippen LogP contribution >= 0.6 is 0 Å². The van der Waals surface area contributed by atoms with Gasteiger partial charge in [-0.1, -0.05) is 48.6 Å². The van der Waals surface area contributed by atoms with E-state index in [2.05, 4.69) is 60.7 Å². The monoisotopic (exact) mass is 309 g/mol. The minimum Gasteiger partial charge on any atom is -0.508 e. The summed E-state index contributed by atoms with van der Waals surface area (Å²) in [6, 6.07) is 18.4. The highest BCUT2D eigenvalue weighted by Crippen LogP contribution is 2.25. The van der Waals surface area contributed by atoms with Crippen LogP contribution in [0.25, 0.3) is 0 Å². The summed E-state index contributed by atoms with van der Waals surface area (Å²) in [5, 5.41) is 9.53. The first kappa shape index (κ1) is 15.0. The molecule has 1 unspecified atom stereocenters. The third kappa shape index (κ3) is 4.05. The van der Waals surface area contributed by atoms with Gasteiger partial charge in [0.05, 0.1) is 0 Å². The number of allylic oxidation sites excluding steroid dienone is 3. The standard InChI is InChI=1S/C20H20OS/c21-19-11-13-20(14-12-19)22(15-17-7-3-1-4-8-17)16-18-9-5-2-6-10-18/h1,3-5,7-14H,2,6,15-16H2/p+1. The first-order chi connectivity index (χ1) is 10.8. The van der Waals surface area contributed by atoms with Gasteiger partial charge in [-0.05, 0) is 42.7 Å². The van der Waals surface area contributed by atoms with Crippen LogP contribution in [0.3, 0.4) is 0 Å². The SMILES string of the molecule is Oc1ccc([S+](CC2=CCCC=C2)Cc2ccccc2)cc1. The molecular formula is C20H21OS+. The van der Waals surface area contributed by atoms with E-state index in [0.717, 1.165) is 24.3 Å². The summed E-state index contributed by atoms with van der Waals surface area (Å²) in [6.07, 6.45) is 9.23. The predicted octanol–water partition coefficient (Wildman–Crippen LogP) is 4.85. The Morgan fingerprint density at radius 1 is 0.864 bits per heavy atom. The second kappa shape index (κ2) is 7.37. The van der Waals surface area contributed by atoms with Crippen molar-refractivity contribution in [1.29, 1.82) is 0 Å². The molecule has 22 heavy (non-hydrogen) atoms. The van der Waals surface area contributed by atoms with Gasteiger partial charge in [-0.25, -0.2) is 0 Å². The molecular weight excluding hydrogens is 288 g/mol. The highest BCUT2D eigenvalue weighted by Gasteiger charge is 2.23. The van der Waals surface area contributed by atoms with Crippen LogP contribution in [0.4, 0.5) is 0 Å². The van der Waals surface area contributed by atoms with E-state index >= 15 is 0 Å². The van der Waals surface area contributed by atoms with Gasteiger partial charge in [-0.15, -0.1) is 0 Å². The van der Waals surface area contributed by atoms with Crippen molar-refractivity contribution in [3.05, 3.63) is 84.0 Å². The Labute approximate surface area is 135 Å². The second-order valence-corrected chi connectivity index (χ2v) is 7.55. The van der Waals surface area contributed by atoms with Gasteiger partial charge >= 0.3 is 0 Å². The van der Waals surface area contributed by atoms with E-state index in [1.165, 1.54) is 16.0 Å². The lowest BCUT2D eigenvalue weighted by molar-refractivity contribution is 0.475. The summed E-state index contributed by atoms with van der Waals surface area (Å²) in [7, 11) is 0.125. The second-order valence-electron chi connectivity index (χ2n) is 5.52. The molecule has 0 radical (unpaired) electrons. The first-order valence-corrected chi connectivity index (χ1v) is 9.23. The predicted molar refractivity (Wildman–Crippen MR) is 95.2 cm³/mol. The zero-order valence-corrected chi connectivity index (χ0v) is 13.4. The van der Waals surface area contributed by atoms with Crippen LogP contribution < -0.4 is 0 Å². The molecule has 1 nitrogen and oxygen atoms in total. The number of aromatic hydroxyl groups is 1. The fraction of sp³-hybridized carbons (Fsp3) is 0.200. The number of benzene rings is 2. The van der Waals surface area contributed by atoms with E-state index < -0.39 is 0 Å². The highest BCUT2D eigenvalue weighted by molar-refractivity contribution is 7.96. The van der Waals surface area contributed by atoms with Crippen LogP contribution in [0.1, 0.15) is 18.4 Å². The molecule has 0 amide bonds. The van der Waals surface area contributed by atoms with Crippen molar-refractivity contribution >= 4 is 10.9 Å². The van der Waals surface area contributed by atoms with E-state index in [1.54, 1.807) is 12.1 Å². The molecule has 1 N–H and O–H groups in total. The summed E-state index contributed by atoms with van der Waals surface area (Å²) >= 11 is 0. The molecule has 2 aromatic carbocycles. The summed E-state index contributed by atoms with van der Waals surface area (Å²) < 4.78 is 0. The Morgan fingerprint density at radius 3 is 2.32 bits per heavy atom. The fourth-order valence-electron chi connectivity index (χ4n) is 2.61. The Bertz CT molecular complexity index is 656. The maximum absolute atomic E-state index is 9.53. The Kier molecular flexibility index (Phi) is 5.02. The molecule has 0 saturated heterocycles. The lowest BCUT2D eigenvalue weighted by atomic mass is 10.1. The maximum Gasteiger partial charge on any atom is 0.155 e. The first-order valence-electron chi connectivity index (χ1n) is 7.67. The van der Waals surface area contributed by atoms with E-state index in [0.29, 0.717) is 5.75 Å². The van der Waals surface area contributed by atoms with Crippen molar-refractivity contribution in [3.8, 4) is 5.75 Å².